The number of amides is 2. The SMILES string of the molecule is C[C@@H](/C=C\C(=O)N[C@@H]1C[C@H](C)[C@H](C/C=C(/C=C/[C@H]2OC(C)(C)C[C@]3(O[C@@H]3C)[C@@H]2O)C(F)(F)F)O[C@@H]1C)OC(=O)N1CCOCC1. The fraction of sp³-hybridized carbons (Fsp3) is 0.750. The molecule has 4 saturated heterocycles. The van der Waals surface area contributed by atoms with E-state index in [0.29, 0.717) is 39.1 Å². The fourth-order valence-corrected chi connectivity index (χ4v) is 6.36. The van der Waals surface area contributed by atoms with Crippen molar-refractivity contribution in [3.8, 4) is 0 Å². The number of ether oxygens (including phenoxy) is 5. The number of carbonyl (C=O) groups is 2. The van der Waals surface area contributed by atoms with Crippen LogP contribution in [-0.2, 0) is 28.5 Å². The molecule has 4 aliphatic rings. The molecule has 0 unspecified atom stereocenters. The molecule has 0 bridgehead atoms. The van der Waals surface area contributed by atoms with Crippen LogP contribution in [0.4, 0.5) is 18.0 Å². The summed E-state index contributed by atoms with van der Waals surface area (Å²) in [6, 6.07) is -0.349. The second-order valence-electron chi connectivity index (χ2n) is 13.2. The Hall–Kier alpha value is -2.45. The second kappa shape index (κ2) is 14.1. The smallest absolute Gasteiger partial charge is 0.416 e. The molecule has 0 aromatic rings. The van der Waals surface area contributed by atoms with Gasteiger partial charge in [0.2, 0.25) is 5.91 Å². The Kier molecular flexibility index (Phi) is 11.1. The number of halogens is 3. The molecule has 4 fully saturated rings. The van der Waals surface area contributed by atoms with Crippen LogP contribution in [0.3, 0.4) is 0 Å². The van der Waals surface area contributed by atoms with Crippen molar-refractivity contribution >= 4 is 12.0 Å². The zero-order valence-corrected chi connectivity index (χ0v) is 26.8. The lowest BCUT2D eigenvalue weighted by molar-refractivity contribution is -0.171. The van der Waals surface area contributed by atoms with Gasteiger partial charge >= 0.3 is 12.3 Å². The number of epoxide rings is 1. The summed E-state index contributed by atoms with van der Waals surface area (Å²) in [6.07, 6.45) is -1.78. The molecule has 254 valence electrons. The molecule has 2 amide bonds. The zero-order chi connectivity index (χ0) is 33.2. The number of aliphatic hydroxyl groups excluding tert-OH is 1. The summed E-state index contributed by atoms with van der Waals surface area (Å²) >= 11 is 0. The number of morpholine rings is 1. The summed E-state index contributed by atoms with van der Waals surface area (Å²) in [5, 5.41) is 13.7. The highest BCUT2D eigenvalue weighted by Gasteiger charge is 2.65. The quantitative estimate of drug-likeness (QED) is 0.229. The van der Waals surface area contributed by atoms with Gasteiger partial charge in [0.05, 0.1) is 48.7 Å². The lowest BCUT2D eigenvalue weighted by Crippen LogP contribution is -2.54. The van der Waals surface area contributed by atoms with Crippen molar-refractivity contribution in [2.75, 3.05) is 26.3 Å². The molecule has 0 aliphatic carbocycles. The molecule has 4 rings (SSSR count). The van der Waals surface area contributed by atoms with E-state index in [1.165, 1.54) is 18.2 Å². The largest absolute Gasteiger partial charge is 0.442 e. The number of carbonyl (C=O) groups excluding carboxylic acids is 2. The third kappa shape index (κ3) is 9.09. The van der Waals surface area contributed by atoms with Crippen LogP contribution in [0.15, 0.2) is 36.0 Å². The number of nitrogens with one attached hydrogen (secondary N) is 1. The Labute approximate surface area is 262 Å². The van der Waals surface area contributed by atoms with Crippen LogP contribution in [0.5, 0.6) is 0 Å². The van der Waals surface area contributed by atoms with Crippen LogP contribution >= 0.6 is 0 Å². The number of nitrogens with zero attached hydrogens (tertiary/aromatic N) is 1. The highest BCUT2D eigenvalue weighted by atomic mass is 19.4. The number of hydrogen-bond acceptors (Lipinski definition) is 8. The highest BCUT2D eigenvalue weighted by molar-refractivity contribution is 5.87. The van der Waals surface area contributed by atoms with E-state index in [0.717, 1.165) is 12.2 Å². The lowest BCUT2D eigenvalue weighted by Gasteiger charge is -2.42. The first kappa shape index (κ1) is 35.4. The van der Waals surface area contributed by atoms with Crippen LogP contribution in [0.2, 0.25) is 0 Å². The first-order valence-corrected chi connectivity index (χ1v) is 15.7. The predicted molar refractivity (Wildman–Crippen MR) is 158 cm³/mol. The molecule has 4 heterocycles. The minimum absolute atomic E-state index is 0.0148. The summed E-state index contributed by atoms with van der Waals surface area (Å²) in [7, 11) is 0. The van der Waals surface area contributed by atoms with Crippen molar-refractivity contribution in [1.29, 1.82) is 0 Å². The van der Waals surface area contributed by atoms with Crippen molar-refractivity contribution in [3.63, 3.8) is 0 Å². The minimum atomic E-state index is -4.62. The molecule has 0 radical (unpaired) electrons. The Bertz CT molecular complexity index is 1150. The number of hydrogen-bond donors (Lipinski definition) is 2. The minimum Gasteiger partial charge on any atom is -0.442 e. The Morgan fingerprint density at radius 2 is 1.80 bits per heavy atom. The number of alkyl halides is 3. The standard InChI is InChI=1S/C32H47F3N2O8/c1-19-17-24(36-27(38)12-7-20(2)42-29(40)37-13-15-41-16-14-37)21(3)43-25(19)10-8-23(32(33,34)35)9-11-26-28(39)31(22(4)44-31)18-30(5,6)45-26/h7-9,11-12,19-22,24-26,28,39H,10,13-18H2,1-6H3,(H,36,38)/b11-9+,12-7-,23-8-/t19-,20-,21+,22+,24+,25-,26+,28+,31+/m0/s1. The second-order valence-corrected chi connectivity index (χ2v) is 13.2. The van der Waals surface area contributed by atoms with Gasteiger partial charge in [0.15, 0.2) is 0 Å². The molecule has 45 heavy (non-hydrogen) atoms. The Balaban J connectivity index is 1.30. The van der Waals surface area contributed by atoms with Gasteiger partial charge in [0, 0.05) is 25.6 Å². The van der Waals surface area contributed by atoms with Crippen molar-refractivity contribution in [2.24, 2.45) is 5.92 Å². The molecule has 0 saturated carbocycles. The topological polar surface area (TPSA) is 119 Å². The van der Waals surface area contributed by atoms with Gasteiger partial charge in [-0.15, -0.1) is 0 Å². The predicted octanol–water partition coefficient (Wildman–Crippen LogP) is 4.22. The monoisotopic (exact) mass is 644 g/mol. The van der Waals surface area contributed by atoms with Gasteiger partial charge in [-0.3, -0.25) is 4.79 Å². The number of aliphatic hydroxyl groups is 1. The van der Waals surface area contributed by atoms with Crippen LogP contribution in [0.25, 0.3) is 0 Å². The van der Waals surface area contributed by atoms with E-state index in [1.807, 2.05) is 27.7 Å². The van der Waals surface area contributed by atoms with Gasteiger partial charge in [-0.25, -0.2) is 4.79 Å². The maximum Gasteiger partial charge on any atom is 0.416 e. The average molecular weight is 645 g/mol. The van der Waals surface area contributed by atoms with E-state index in [2.05, 4.69) is 5.32 Å². The summed E-state index contributed by atoms with van der Waals surface area (Å²) in [4.78, 5) is 26.4. The third-order valence-corrected chi connectivity index (χ3v) is 8.98. The molecule has 4 aliphatic heterocycles. The molecule has 10 nitrogen and oxygen atoms in total. The molecule has 2 N–H and O–H groups in total. The Morgan fingerprint density at radius 1 is 1.13 bits per heavy atom. The summed E-state index contributed by atoms with van der Waals surface area (Å²) < 4.78 is 70.2. The van der Waals surface area contributed by atoms with Gasteiger partial charge in [0.1, 0.15) is 23.9 Å². The summed E-state index contributed by atoms with van der Waals surface area (Å²) in [5.74, 6) is -0.529. The van der Waals surface area contributed by atoms with Gasteiger partial charge in [-0.05, 0) is 59.5 Å². The number of allylic oxidation sites excluding steroid dienone is 2. The van der Waals surface area contributed by atoms with Crippen LogP contribution < -0.4 is 5.32 Å². The van der Waals surface area contributed by atoms with Crippen LogP contribution in [0, 0.1) is 5.92 Å². The van der Waals surface area contributed by atoms with Crippen molar-refractivity contribution < 1.29 is 51.6 Å². The van der Waals surface area contributed by atoms with Gasteiger partial charge in [-0.1, -0.05) is 25.2 Å². The summed E-state index contributed by atoms with van der Waals surface area (Å²) in [6.45, 7) is 12.6. The molecule has 9 atom stereocenters. The van der Waals surface area contributed by atoms with Crippen molar-refractivity contribution in [2.45, 2.75) is 121 Å². The van der Waals surface area contributed by atoms with Crippen molar-refractivity contribution in [1.82, 2.24) is 10.2 Å². The van der Waals surface area contributed by atoms with E-state index in [1.54, 1.807) is 18.7 Å². The molecular weight excluding hydrogens is 597 g/mol. The maximum absolute atomic E-state index is 14.0. The van der Waals surface area contributed by atoms with Gasteiger partial charge < -0.3 is 39.0 Å². The highest BCUT2D eigenvalue weighted by Crippen LogP contribution is 2.51. The molecule has 0 aromatic heterocycles. The van der Waals surface area contributed by atoms with Crippen LogP contribution in [0.1, 0.15) is 60.8 Å². The van der Waals surface area contributed by atoms with E-state index < -0.39 is 59.6 Å². The molecular formula is C32H47F3N2O8. The van der Waals surface area contributed by atoms with E-state index >= 15 is 0 Å². The maximum atomic E-state index is 14.0. The van der Waals surface area contributed by atoms with Crippen LogP contribution in [-0.4, -0.2) is 108 Å². The molecule has 13 heteroatoms. The van der Waals surface area contributed by atoms with Crippen molar-refractivity contribution in [3.05, 3.63) is 36.0 Å². The normalized spacial score (nSPS) is 36.4. The van der Waals surface area contributed by atoms with Gasteiger partial charge in [0.25, 0.3) is 0 Å². The Morgan fingerprint density at radius 3 is 2.42 bits per heavy atom. The first-order chi connectivity index (χ1) is 21.0. The molecule has 0 aromatic carbocycles. The van der Waals surface area contributed by atoms with Gasteiger partial charge in [-0.2, -0.15) is 13.2 Å². The fourth-order valence-electron chi connectivity index (χ4n) is 6.36. The van der Waals surface area contributed by atoms with E-state index in [4.69, 9.17) is 23.7 Å². The average Bonchev–Trinajstić information content (AvgIpc) is 3.59. The summed E-state index contributed by atoms with van der Waals surface area (Å²) in [5.41, 5.74) is -2.33. The zero-order valence-electron chi connectivity index (χ0n) is 26.8. The lowest BCUT2D eigenvalue weighted by atomic mass is 9.81. The van der Waals surface area contributed by atoms with E-state index in [9.17, 15) is 27.9 Å². The first-order valence-electron chi connectivity index (χ1n) is 15.7. The number of rotatable bonds is 8. The third-order valence-electron chi connectivity index (χ3n) is 8.98. The van der Waals surface area contributed by atoms with E-state index in [-0.39, 0.29) is 30.4 Å². The molecule has 1 spiro atoms.